The Kier molecular flexibility index (Phi) is 2.24. The van der Waals surface area contributed by atoms with Crippen LogP contribution in [0, 0.1) is 0 Å². The summed E-state index contributed by atoms with van der Waals surface area (Å²) in [6, 6.07) is 0.0401. The number of nitrogens with two attached hydrogens (primary N) is 1. The molecule has 0 spiro atoms. The molecule has 56 valence electrons. The van der Waals surface area contributed by atoms with Crippen molar-refractivity contribution < 1.29 is 0 Å². The third-order valence-corrected chi connectivity index (χ3v) is 2.08. The Morgan fingerprint density at radius 1 is 1.80 bits per heavy atom. The first-order chi connectivity index (χ1) is 4.74. The zero-order valence-corrected chi connectivity index (χ0v) is 6.90. The maximum atomic E-state index is 5.60. The first kappa shape index (κ1) is 7.50. The van der Waals surface area contributed by atoms with Crippen molar-refractivity contribution in [3.05, 3.63) is 11.1 Å². The molecule has 0 aliphatic heterocycles. The molecule has 1 heterocycles. The molecule has 10 heavy (non-hydrogen) atoms. The topological polar surface area (TPSA) is 50.9 Å². The Morgan fingerprint density at radius 3 is 2.80 bits per heavy atom. The number of hydrogen-bond acceptors (Lipinski definition) is 4. The predicted octanol–water partition coefficient (Wildman–Crippen LogP) is 1.20. The largest absolute Gasteiger partial charge is 0.365 e. The molecule has 1 rings (SSSR count). The van der Waals surface area contributed by atoms with E-state index >= 15 is 0 Å². The molecule has 0 aromatic carbocycles. The summed E-state index contributed by atoms with van der Waals surface area (Å²) in [6.07, 6.45) is 0. The van der Waals surface area contributed by atoms with Crippen LogP contribution in [0.15, 0.2) is 5.38 Å². The Balaban J connectivity index is 2.78. The second-order valence-electron chi connectivity index (χ2n) is 2.12. The number of aromatic nitrogens is 1. The Labute approximate surface area is 64.3 Å². The molecule has 0 saturated carbocycles. The van der Waals surface area contributed by atoms with Crippen LogP contribution in [0.2, 0.25) is 0 Å². The van der Waals surface area contributed by atoms with E-state index in [-0.39, 0.29) is 6.04 Å². The maximum absolute atomic E-state index is 5.60. The van der Waals surface area contributed by atoms with Crippen LogP contribution >= 0.6 is 11.3 Å². The van der Waals surface area contributed by atoms with Gasteiger partial charge in [0.25, 0.3) is 0 Å². The fourth-order valence-electron chi connectivity index (χ4n) is 0.610. The fourth-order valence-corrected chi connectivity index (χ4v) is 1.39. The minimum atomic E-state index is 0.0401. The van der Waals surface area contributed by atoms with Gasteiger partial charge in [-0.05, 0) is 6.92 Å². The monoisotopic (exact) mass is 157 g/mol. The van der Waals surface area contributed by atoms with Gasteiger partial charge in [0, 0.05) is 18.5 Å². The molecular formula is C6H11N3S. The van der Waals surface area contributed by atoms with Gasteiger partial charge in [-0.1, -0.05) is 0 Å². The number of thiazole rings is 1. The van der Waals surface area contributed by atoms with Crippen LogP contribution in [0.4, 0.5) is 5.13 Å². The zero-order chi connectivity index (χ0) is 7.56. The van der Waals surface area contributed by atoms with Gasteiger partial charge < -0.3 is 11.1 Å². The molecule has 0 saturated heterocycles. The van der Waals surface area contributed by atoms with Crippen molar-refractivity contribution in [1.29, 1.82) is 0 Å². The van der Waals surface area contributed by atoms with Gasteiger partial charge >= 0.3 is 0 Å². The number of nitrogens with zero attached hydrogens (tertiary/aromatic N) is 1. The van der Waals surface area contributed by atoms with Crippen molar-refractivity contribution in [2.24, 2.45) is 5.73 Å². The SMILES string of the molecule is CNc1nc(C(C)N)cs1. The van der Waals surface area contributed by atoms with Crippen molar-refractivity contribution >= 4 is 16.5 Å². The maximum Gasteiger partial charge on any atom is 0.182 e. The standard InChI is InChI=1S/C6H11N3S/c1-4(7)5-3-10-6(8-2)9-5/h3-4H,7H2,1-2H3,(H,8,9). The molecule has 3 N–H and O–H groups in total. The molecule has 4 heteroatoms. The second kappa shape index (κ2) is 2.98. The highest BCUT2D eigenvalue weighted by Gasteiger charge is 2.02. The summed E-state index contributed by atoms with van der Waals surface area (Å²) < 4.78 is 0. The van der Waals surface area contributed by atoms with Crippen LogP contribution in [0.3, 0.4) is 0 Å². The van der Waals surface area contributed by atoms with Crippen molar-refractivity contribution in [3.63, 3.8) is 0 Å². The van der Waals surface area contributed by atoms with Crippen LogP contribution in [0.25, 0.3) is 0 Å². The molecule has 0 bridgehead atoms. The highest BCUT2D eigenvalue weighted by molar-refractivity contribution is 7.13. The van der Waals surface area contributed by atoms with E-state index in [9.17, 15) is 0 Å². The second-order valence-corrected chi connectivity index (χ2v) is 2.97. The lowest BCUT2D eigenvalue weighted by molar-refractivity contribution is 0.790. The molecule has 0 amide bonds. The summed E-state index contributed by atoms with van der Waals surface area (Å²) in [7, 11) is 1.85. The molecule has 0 fully saturated rings. The minimum Gasteiger partial charge on any atom is -0.365 e. The molecule has 1 aromatic rings. The van der Waals surface area contributed by atoms with Crippen molar-refractivity contribution in [3.8, 4) is 0 Å². The van der Waals surface area contributed by atoms with Gasteiger partial charge in [-0.25, -0.2) is 4.98 Å². The Hall–Kier alpha value is -0.610. The molecule has 0 aliphatic rings. The number of hydrogen-bond donors (Lipinski definition) is 2. The summed E-state index contributed by atoms with van der Waals surface area (Å²) in [4.78, 5) is 4.21. The zero-order valence-electron chi connectivity index (χ0n) is 6.09. The molecule has 1 aromatic heterocycles. The van der Waals surface area contributed by atoms with Gasteiger partial charge in [-0.3, -0.25) is 0 Å². The lowest BCUT2D eigenvalue weighted by Gasteiger charge is -1.96. The van der Waals surface area contributed by atoms with Gasteiger partial charge in [0.15, 0.2) is 5.13 Å². The summed E-state index contributed by atoms with van der Waals surface area (Å²) in [5, 5.41) is 5.85. The van der Waals surface area contributed by atoms with Crippen LogP contribution in [-0.2, 0) is 0 Å². The third-order valence-electron chi connectivity index (χ3n) is 1.20. The molecule has 1 unspecified atom stereocenters. The lowest BCUT2D eigenvalue weighted by atomic mass is 10.3. The van der Waals surface area contributed by atoms with E-state index in [1.54, 1.807) is 11.3 Å². The Morgan fingerprint density at radius 2 is 2.50 bits per heavy atom. The van der Waals surface area contributed by atoms with E-state index in [2.05, 4.69) is 10.3 Å². The van der Waals surface area contributed by atoms with E-state index in [0.717, 1.165) is 10.8 Å². The highest BCUT2D eigenvalue weighted by atomic mass is 32.1. The molecule has 1 atom stereocenters. The average molecular weight is 157 g/mol. The van der Waals surface area contributed by atoms with Crippen LogP contribution < -0.4 is 11.1 Å². The Bertz CT molecular complexity index is 207. The molecular weight excluding hydrogens is 146 g/mol. The van der Waals surface area contributed by atoms with Gasteiger partial charge in [-0.2, -0.15) is 0 Å². The molecule has 0 aliphatic carbocycles. The van der Waals surface area contributed by atoms with Gasteiger partial charge in [0.1, 0.15) is 0 Å². The van der Waals surface area contributed by atoms with Crippen molar-refractivity contribution in [1.82, 2.24) is 4.98 Å². The van der Waals surface area contributed by atoms with E-state index < -0.39 is 0 Å². The summed E-state index contributed by atoms with van der Waals surface area (Å²) >= 11 is 1.58. The number of anilines is 1. The highest BCUT2D eigenvalue weighted by Crippen LogP contribution is 2.17. The van der Waals surface area contributed by atoms with E-state index in [1.807, 2.05) is 19.4 Å². The number of rotatable bonds is 2. The fraction of sp³-hybridized carbons (Fsp3) is 0.500. The van der Waals surface area contributed by atoms with Gasteiger partial charge in [0.2, 0.25) is 0 Å². The van der Waals surface area contributed by atoms with Gasteiger partial charge in [-0.15, -0.1) is 11.3 Å². The van der Waals surface area contributed by atoms with Gasteiger partial charge in [0.05, 0.1) is 5.69 Å². The van der Waals surface area contributed by atoms with Crippen LogP contribution in [0.5, 0.6) is 0 Å². The van der Waals surface area contributed by atoms with E-state index in [4.69, 9.17) is 5.73 Å². The summed E-state index contributed by atoms with van der Waals surface area (Å²) in [6.45, 7) is 1.93. The quantitative estimate of drug-likeness (QED) is 0.678. The van der Waals surface area contributed by atoms with Crippen molar-refractivity contribution in [2.75, 3.05) is 12.4 Å². The third kappa shape index (κ3) is 1.46. The molecule has 0 radical (unpaired) electrons. The van der Waals surface area contributed by atoms with Crippen molar-refractivity contribution in [2.45, 2.75) is 13.0 Å². The van der Waals surface area contributed by atoms with E-state index in [0.29, 0.717) is 0 Å². The predicted molar refractivity (Wildman–Crippen MR) is 44.3 cm³/mol. The lowest BCUT2D eigenvalue weighted by Crippen LogP contribution is -2.05. The first-order valence-corrected chi connectivity index (χ1v) is 4.00. The normalized spacial score (nSPS) is 13.1. The van der Waals surface area contributed by atoms with Crippen LogP contribution in [-0.4, -0.2) is 12.0 Å². The summed E-state index contributed by atoms with van der Waals surface area (Å²) in [5.74, 6) is 0. The smallest absolute Gasteiger partial charge is 0.182 e. The molecule has 3 nitrogen and oxygen atoms in total. The summed E-state index contributed by atoms with van der Waals surface area (Å²) in [5.41, 5.74) is 6.55. The first-order valence-electron chi connectivity index (χ1n) is 3.13. The van der Waals surface area contributed by atoms with Crippen LogP contribution in [0.1, 0.15) is 18.7 Å². The minimum absolute atomic E-state index is 0.0401. The number of nitrogens with one attached hydrogen (secondary N) is 1. The average Bonchev–Trinajstić information content (AvgIpc) is 2.34. The van der Waals surface area contributed by atoms with E-state index in [1.165, 1.54) is 0 Å².